The van der Waals surface area contributed by atoms with Crippen molar-refractivity contribution >= 4 is 30.0 Å². The Morgan fingerprint density at radius 3 is 2.28 bits per heavy atom. The molecule has 5 N–H and O–H groups in total. The zero-order valence-electron chi connectivity index (χ0n) is 15.1. The minimum absolute atomic E-state index is 0. The summed E-state index contributed by atoms with van der Waals surface area (Å²) in [6, 6.07) is 7.32. The average molecular weight is 371 g/mol. The van der Waals surface area contributed by atoms with Crippen LogP contribution >= 0.6 is 12.4 Å². The van der Waals surface area contributed by atoms with Crippen molar-refractivity contribution in [3.05, 3.63) is 29.8 Å². The van der Waals surface area contributed by atoms with E-state index in [1.165, 1.54) is 0 Å². The standard InChI is InChI=1S/C18H30N4O2.ClH/c1-14(2)21-18(24)22-16-10-8-15(9-11-16)13-20-17(23)7-5-3-4-6-12-19;/h8-11,14H,3-7,12-13,19H2,1-2H3,(H,20,23)(H2,21,22,24);1H. The van der Waals surface area contributed by atoms with Crippen LogP contribution in [0.1, 0.15) is 51.5 Å². The number of rotatable bonds is 10. The maximum Gasteiger partial charge on any atom is 0.319 e. The minimum Gasteiger partial charge on any atom is -0.352 e. The molecule has 1 aromatic rings. The number of benzene rings is 1. The molecule has 3 amide bonds. The number of carbonyl (C=O) groups excluding carboxylic acids is 2. The molecular formula is C18H31ClN4O2. The average Bonchev–Trinajstić information content (AvgIpc) is 2.53. The molecule has 25 heavy (non-hydrogen) atoms. The van der Waals surface area contributed by atoms with E-state index in [2.05, 4.69) is 16.0 Å². The molecule has 1 rings (SSSR count). The fraction of sp³-hybridized carbons (Fsp3) is 0.556. The summed E-state index contributed by atoms with van der Waals surface area (Å²) < 4.78 is 0. The Labute approximate surface area is 156 Å². The maximum atomic E-state index is 11.8. The third-order valence-electron chi connectivity index (χ3n) is 3.48. The Balaban J connectivity index is 0.00000576. The first-order chi connectivity index (χ1) is 11.5. The highest BCUT2D eigenvalue weighted by Gasteiger charge is 2.04. The van der Waals surface area contributed by atoms with Crippen LogP contribution in [-0.4, -0.2) is 24.5 Å². The summed E-state index contributed by atoms with van der Waals surface area (Å²) >= 11 is 0. The van der Waals surface area contributed by atoms with Gasteiger partial charge < -0.3 is 21.7 Å². The summed E-state index contributed by atoms with van der Waals surface area (Å²) in [5, 5.41) is 8.44. The lowest BCUT2D eigenvalue weighted by molar-refractivity contribution is -0.121. The molecule has 0 aromatic heterocycles. The second-order valence-corrected chi connectivity index (χ2v) is 6.18. The lowest BCUT2D eigenvalue weighted by Crippen LogP contribution is -2.34. The van der Waals surface area contributed by atoms with Crippen LogP contribution < -0.4 is 21.7 Å². The number of unbranched alkanes of at least 4 members (excludes halogenated alkanes) is 3. The van der Waals surface area contributed by atoms with Gasteiger partial charge in [-0.3, -0.25) is 4.79 Å². The van der Waals surface area contributed by atoms with Gasteiger partial charge in [-0.25, -0.2) is 4.79 Å². The lowest BCUT2D eigenvalue weighted by atomic mass is 10.1. The van der Waals surface area contributed by atoms with Gasteiger partial charge in [0.2, 0.25) is 5.91 Å². The largest absolute Gasteiger partial charge is 0.352 e. The Morgan fingerprint density at radius 1 is 1.04 bits per heavy atom. The SMILES string of the molecule is CC(C)NC(=O)Nc1ccc(CNC(=O)CCCCCCN)cc1.Cl. The van der Waals surface area contributed by atoms with Crippen LogP contribution in [0.25, 0.3) is 0 Å². The second kappa shape index (κ2) is 13.5. The van der Waals surface area contributed by atoms with E-state index in [0.29, 0.717) is 13.0 Å². The Kier molecular flexibility index (Phi) is 12.5. The quantitative estimate of drug-likeness (QED) is 0.476. The first kappa shape index (κ1) is 23.2. The highest BCUT2D eigenvalue weighted by molar-refractivity contribution is 5.89. The number of hydrogen-bond acceptors (Lipinski definition) is 3. The molecule has 0 heterocycles. The molecule has 0 aliphatic carbocycles. The molecule has 0 aliphatic rings. The van der Waals surface area contributed by atoms with Crippen LogP contribution in [0.15, 0.2) is 24.3 Å². The number of amides is 3. The third-order valence-corrected chi connectivity index (χ3v) is 3.48. The van der Waals surface area contributed by atoms with Crippen LogP contribution in [0.2, 0.25) is 0 Å². The predicted molar refractivity (Wildman–Crippen MR) is 105 cm³/mol. The third kappa shape index (κ3) is 11.4. The zero-order valence-corrected chi connectivity index (χ0v) is 16.0. The highest BCUT2D eigenvalue weighted by atomic mass is 35.5. The number of urea groups is 1. The van der Waals surface area contributed by atoms with Gasteiger partial charge in [-0.05, 0) is 50.9 Å². The van der Waals surface area contributed by atoms with Gasteiger partial charge in [0.05, 0.1) is 0 Å². The monoisotopic (exact) mass is 370 g/mol. The van der Waals surface area contributed by atoms with Gasteiger partial charge in [0.15, 0.2) is 0 Å². The number of nitrogens with one attached hydrogen (secondary N) is 3. The molecule has 0 aliphatic heterocycles. The van der Waals surface area contributed by atoms with E-state index < -0.39 is 0 Å². The summed E-state index contributed by atoms with van der Waals surface area (Å²) in [5.74, 6) is 0.0706. The van der Waals surface area contributed by atoms with Crippen LogP contribution in [0.5, 0.6) is 0 Å². The first-order valence-electron chi connectivity index (χ1n) is 8.64. The minimum atomic E-state index is -0.222. The van der Waals surface area contributed by atoms with E-state index in [1.807, 2.05) is 38.1 Å². The van der Waals surface area contributed by atoms with Gasteiger partial charge in [-0.2, -0.15) is 0 Å². The van der Waals surface area contributed by atoms with Crippen LogP contribution in [0, 0.1) is 0 Å². The number of hydrogen-bond donors (Lipinski definition) is 4. The summed E-state index contributed by atoms with van der Waals surface area (Å²) in [6.45, 7) is 5.03. The van der Waals surface area contributed by atoms with E-state index in [4.69, 9.17) is 5.73 Å². The van der Waals surface area contributed by atoms with Gasteiger partial charge in [0, 0.05) is 24.7 Å². The van der Waals surface area contributed by atoms with Crippen molar-refractivity contribution in [2.24, 2.45) is 5.73 Å². The highest BCUT2D eigenvalue weighted by Crippen LogP contribution is 2.09. The van der Waals surface area contributed by atoms with Gasteiger partial charge in [-0.1, -0.05) is 25.0 Å². The van der Waals surface area contributed by atoms with Gasteiger partial charge in [0.1, 0.15) is 0 Å². The molecule has 1 aromatic carbocycles. The molecule has 0 fully saturated rings. The molecule has 6 nitrogen and oxygen atoms in total. The summed E-state index contributed by atoms with van der Waals surface area (Å²) in [4.78, 5) is 23.4. The number of carbonyl (C=O) groups is 2. The molecule has 0 saturated carbocycles. The Hall–Kier alpha value is -1.79. The van der Waals surface area contributed by atoms with Crippen molar-refractivity contribution in [1.29, 1.82) is 0 Å². The Morgan fingerprint density at radius 2 is 1.68 bits per heavy atom. The lowest BCUT2D eigenvalue weighted by Gasteiger charge is -2.11. The predicted octanol–water partition coefficient (Wildman–Crippen LogP) is 3.16. The van der Waals surface area contributed by atoms with Crippen molar-refractivity contribution in [1.82, 2.24) is 10.6 Å². The van der Waals surface area contributed by atoms with E-state index in [0.717, 1.165) is 43.5 Å². The van der Waals surface area contributed by atoms with Crippen LogP contribution in [0.3, 0.4) is 0 Å². The summed E-state index contributed by atoms with van der Waals surface area (Å²) in [7, 11) is 0. The van der Waals surface area contributed by atoms with E-state index in [9.17, 15) is 9.59 Å². The molecule has 0 unspecified atom stereocenters. The zero-order chi connectivity index (χ0) is 17.8. The molecular weight excluding hydrogens is 340 g/mol. The van der Waals surface area contributed by atoms with Gasteiger partial charge in [-0.15, -0.1) is 12.4 Å². The molecule has 0 radical (unpaired) electrons. The van der Waals surface area contributed by atoms with E-state index in [1.54, 1.807) is 0 Å². The molecule has 0 spiro atoms. The van der Waals surface area contributed by atoms with E-state index >= 15 is 0 Å². The molecule has 7 heteroatoms. The van der Waals surface area contributed by atoms with Crippen molar-refractivity contribution in [3.8, 4) is 0 Å². The van der Waals surface area contributed by atoms with Crippen molar-refractivity contribution in [2.45, 2.75) is 58.5 Å². The van der Waals surface area contributed by atoms with Gasteiger partial charge >= 0.3 is 6.03 Å². The molecule has 0 bridgehead atoms. The van der Waals surface area contributed by atoms with Crippen LogP contribution in [-0.2, 0) is 11.3 Å². The van der Waals surface area contributed by atoms with E-state index in [-0.39, 0.29) is 30.4 Å². The number of halogens is 1. The Bertz CT molecular complexity index is 506. The second-order valence-electron chi connectivity index (χ2n) is 6.18. The molecule has 0 atom stereocenters. The summed E-state index contributed by atoms with van der Waals surface area (Å²) in [6.07, 6.45) is 4.61. The van der Waals surface area contributed by atoms with Crippen molar-refractivity contribution < 1.29 is 9.59 Å². The first-order valence-corrected chi connectivity index (χ1v) is 8.64. The number of anilines is 1. The maximum absolute atomic E-state index is 11.8. The van der Waals surface area contributed by atoms with Gasteiger partial charge in [0.25, 0.3) is 0 Å². The fourth-order valence-corrected chi connectivity index (χ4v) is 2.21. The van der Waals surface area contributed by atoms with Crippen molar-refractivity contribution in [3.63, 3.8) is 0 Å². The topological polar surface area (TPSA) is 96.2 Å². The normalized spacial score (nSPS) is 10.1. The fourth-order valence-electron chi connectivity index (χ4n) is 2.21. The number of nitrogens with two attached hydrogens (primary N) is 1. The molecule has 142 valence electrons. The molecule has 0 saturated heterocycles. The summed E-state index contributed by atoms with van der Waals surface area (Å²) in [5.41, 5.74) is 7.16. The van der Waals surface area contributed by atoms with Crippen LogP contribution in [0.4, 0.5) is 10.5 Å². The van der Waals surface area contributed by atoms with Crippen molar-refractivity contribution in [2.75, 3.05) is 11.9 Å². The smallest absolute Gasteiger partial charge is 0.319 e.